The van der Waals surface area contributed by atoms with Crippen molar-refractivity contribution in [1.82, 2.24) is 10.2 Å². The Hall–Kier alpha value is -1.62. The van der Waals surface area contributed by atoms with Gasteiger partial charge in [0.1, 0.15) is 5.70 Å². The van der Waals surface area contributed by atoms with E-state index in [4.69, 9.17) is 0 Å². The standard InChI is InChI=1S/C14H16N2O2S/c17-12(13-5-3-7-19-13)8-11-14(18)16-6-2-1-4-10(16)9-15-11/h3,5,7-8,10,15H,1-2,4,6,9H2. The van der Waals surface area contributed by atoms with Crippen LogP contribution in [0.1, 0.15) is 28.9 Å². The van der Waals surface area contributed by atoms with Gasteiger partial charge >= 0.3 is 0 Å². The quantitative estimate of drug-likeness (QED) is 0.662. The van der Waals surface area contributed by atoms with Crippen molar-refractivity contribution in [2.75, 3.05) is 13.1 Å². The summed E-state index contributed by atoms with van der Waals surface area (Å²) in [6, 6.07) is 3.92. The van der Waals surface area contributed by atoms with Crippen LogP contribution in [0.5, 0.6) is 0 Å². The molecular formula is C14H16N2O2S. The maximum Gasteiger partial charge on any atom is 0.270 e. The lowest BCUT2D eigenvalue weighted by Gasteiger charge is -2.40. The number of piperazine rings is 1. The molecule has 100 valence electrons. The summed E-state index contributed by atoms with van der Waals surface area (Å²) in [5.74, 6) is -0.123. The largest absolute Gasteiger partial charge is 0.378 e. The van der Waals surface area contributed by atoms with E-state index in [0.717, 1.165) is 25.9 Å². The number of rotatable bonds is 2. The lowest BCUT2D eigenvalue weighted by atomic mass is 9.99. The summed E-state index contributed by atoms with van der Waals surface area (Å²) in [5.41, 5.74) is 0.441. The predicted molar refractivity (Wildman–Crippen MR) is 74.1 cm³/mol. The van der Waals surface area contributed by atoms with Crippen molar-refractivity contribution in [3.8, 4) is 0 Å². The van der Waals surface area contributed by atoms with Gasteiger partial charge in [-0.1, -0.05) is 6.07 Å². The van der Waals surface area contributed by atoms with E-state index in [1.807, 2.05) is 16.3 Å². The number of thiophene rings is 1. The molecule has 1 atom stereocenters. The van der Waals surface area contributed by atoms with E-state index in [1.165, 1.54) is 23.8 Å². The van der Waals surface area contributed by atoms with Gasteiger partial charge in [-0.3, -0.25) is 9.59 Å². The highest BCUT2D eigenvalue weighted by Crippen LogP contribution is 2.22. The summed E-state index contributed by atoms with van der Waals surface area (Å²) in [7, 11) is 0. The molecule has 2 fully saturated rings. The molecule has 0 aliphatic carbocycles. The number of ketones is 1. The summed E-state index contributed by atoms with van der Waals surface area (Å²) >= 11 is 1.40. The molecule has 0 radical (unpaired) electrons. The van der Waals surface area contributed by atoms with Crippen LogP contribution in [-0.2, 0) is 4.79 Å². The number of allylic oxidation sites excluding steroid dienone is 1. The van der Waals surface area contributed by atoms with Gasteiger partial charge in [-0.2, -0.15) is 0 Å². The molecule has 0 saturated carbocycles. The molecule has 2 aliphatic rings. The van der Waals surface area contributed by atoms with Gasteiger partial charge in [0.25, 0.3) is 5.91 Å². The minimum Gasteiger partial charge on any atom is -0.378 e. The Morgan fingerprint density at radius 3 is 3.16 bits per heavy atom. The first-order valence-electron chi connectivity index (χ1n) is 6.60. The maximum absolute atomic E-state index is 12.3. The van der Waals surface area contributed by atoms with Crippen molar-refractivity contribution >= 4 is 23.0 Å². The molecule has 1 amide bonds. The van der Waals surface area contributed by atoms with E-state index in [2.05, 4.69) is 5.32 Å². The number of nitrogens with zero attached hydrogens (tertiary/aromatic N) is 1. The highest BCUT2D eigenvalue weighted by Gasteiger charge is 2.33. The van der Waals surface area contributed by atoms with Crippen LogP contribution in [0.3, 0.4) is 0 Å². The second-order valence-electron chi connectivity index (χ2n) is 4.93. The van der Waals surface area contributed by atoms with Crippen LogP contribution >= 0.6 is 11.3 Å². The number of carbonyl (C=O) groups excluding carboxylic acids is 2. The number of nitrogens with one attached hydrogen (secondary N) is 1. The Labute approximate surface area is 116 Å². The Morgan fingerprint density at radius 2 is 2.37 bits per heavy atom. The summed E-state index contributed by atoms with van der Waals surface area (Å²) in [6.45, 7) is 1.57. The monoisotopic (exact) mass is 276 g/mol. The Morgan fingerprint density at radius 1 is 1.47 bits per heavy atom. The third-order valence-electron chi connectivity index (χ3n) is 3.69. The first kappa shape index (κ1) is 12.4. The second-order valence-corrected chi connectivity index (χ2v) is 5.88. The van der Waals surface area contributed by atoms with Crippen LogP contribution in [0.2, 0.25) is 0 Å². The van der Waals surface area contributed by atoms with Gasteiger partial charge < -0.3 is 10.2 Å². The van der Waals surface area contributed by atoms with E-state index in [1.54, 1.807) is 6.07 Å². The minimum atomic E-state index is -0.0960. The number of fused-ring (bicyclic) bond motifs is 1. The molecule has 1 aromatic rings. The predicted octanol–water partition coefficient (Wildman–Crippen LogP) is 1.80. The summed E-state index contributed by atoms with van der Waals surface area (Å²) in [5, 5.41) is 4.98. The number of hydrogen-bond acceptors (Lipinski definition) is 4. The third kappa shape index (κ3) is 2.42. The van der Waals surface area contributed by atoms with E-state index < -0.39 is 0 Å². The Balaban J connectivity index is 1.78. The minimum absolute atomic E-state index is 0.0270. The lowest BCUT2D eigenvalue weighted by Crippen LogP contribution is -2.55. The fraction of sp³-hybridized carbons (Fsp3) is 0.429. The third-order valence-corrected chi connectivity index (χ3v) is 4.57. The molecule has 0 aromatic carbocycles. The second kappa shape index (κ2) is 5.17. The van der Waals surface area contributed by atoms with Crippen LogP contribution in [0.15, 0.2) is 29.3 Å². The smallest absolute Gasteiger partial charge is 0.270 e. The molecule has 5 heteroatoms. The number of hydrogen-bond donors (Lipinski definition) is 1. The summed E-state index contributed by atoms with van der Waals surface area (Å²) in [6.07, 6.45) is 4.75. The van der Waals surface area contributed by atoms with E-state index >= 15 is 0 Å². The fourth-order valence-electron chi connectivity index (χ4n) is 2.67. The maximum atomic E-state index is 12.3. The van der Waals surface area contributed by atoms with Gasteiger partial charge in [-0.05, 0) is 30.7 Å². The van der Waals surface area contributed by atoms with Crippen molar-refractivity contribution < 1.29 is 9.59 Å². The van der Waals surface area contributed by atoms with Crippen LogP contribution in [-0.4, -0.2) is 35.7 Å². The normalized spacial score (nSPS) is 25.1. The zero-order valence-electron chi connectivity index (χ0n) is 10.6. The molecule has 0 spiro atoms. The van der Waals surface area contributed by atoms with E-state index in [9.17, 15) is 9.59 Å². The van der Waals surface area contributed by atoms with Crippen LogP contribution in [0, 0.1) is 0 Å². The highest BCUT2D eigenvalue weighted by atomic mass is 32.1. The fourth-order valence-corrected chi connectivity index (χ4v) is 3.31. The summed E-state index contributed by atoms with van der Waals surface area (Å²) in [4.78, 5) is 26.9. The average Bonchev–Trinajstić information content (AvgIpc) is 2.96. The van der Waals surface area contributed by atoms with Crippen molar-refractivity contribution in [2.45, 2.75) is 25.3 Å². The molecule has 3 heterocycles. The van der Waals surface area contributed by atoms with Gasteiger partial charge in [0.15, 0.2) is 5.78 Å². The number of piperidine rings is 1. The van der Waals surface area contributed by atoms with E-state index in [0.29, 0.717) is 16.6 Å². The molecular weight excluding hydrogens is 260 g/mol. The summed E-state index contributed by atoms with van der Waals surface area (Å²) < 4.78 is 0. The molecule has 19 heavy (non-hydrogen) atoms. The molecule has 0 bridgehead atoms. The SMILES string of the molecule is O=C(C=C1NCC2CCCCN2C1=O)c1cccs1. The number of carbonyl (C=O) groups is 2. The van der Waals surface area contributed by atoms with Crippen molar-refractivity contribution in [3.63, 3.8) is 0 Å². The van der Waals surface area contributed by atoms with Gasteiger partial charge in [-0.25, -0.2) is 0 Å². The molecule has 1 aromatic heterocycles. The molecule has 1 unspecified atom stereocenters. The van der Waals surface area contributed by atoms with Crippen molar-refractivity contribution in [1.29, 1.82) is 0 Å². The van der Waals surface area contributed by atoms with Crippen molar-refractivity contribution in [2.24, 2.45) is 0 Å². The molecule has 2 aliphatic heterocycles. The first-order chi connectivity index (χ1) is 9.25. The van der Waals surface area contributed by atoms with Gasteiger partial charge in [-0.15, -0.1) is 11.3 Å². The van der Waals surface area contributed by atoms with Crippen LogP contribution < -0.4 is 5.32 Å². The molecule has 4 nitrogen and oxygen atoms in total. The molecule has 3 rings (SSSR count). The first-order valence-corrected chi connectivity index (χ1v) is 7.48. The zero-order valence-corrected chi connectivity index (χ0v) is 11.4. The number of amides is 1. The van der Waals surface area contributed by atoms with Gasteiger partial charge in [0.05, 0.1) is 4.88 Å². The average molecular weight is 276 g/mol. The molecule has 2 saturated heterocycles. The zero-order chi connectivity index (χ0) is 13.2. The Bertz CT molecular complexity index is 522. The van der Waals surface area contributed by atoms with E-state index in [-0.39, 0.29) is 11.7 Å². The van der Waals surface area contributed by atoms with Crippen LogP contribution in [0.4, 0.5) is 0 Å². The highest BCUT2D eigenvalue weighted by molar-refractivity contribution is 7.12. The van der Waals surface area contributed by atoms with Crippen LogP contribution in [0.25, 0.3) is 0 Å². The topological polar surface area (TPSA) is 49.4 Å². The van der Waals surface area contributed by atoms with Gasteiger partial charge in [0.2, 0.25) is 0 Å². The lowest BCUT2D eigenvalue weighted by molar-refractivity contribution is -0.132. The molecule has 1 N–H and O–H groups in total. The Kier molecular flexibility index (Phi) is 3.38. The van der Waals surface area contributed by atoms with Gasteiger partial charge in [0, 0.05) is 25.2 Å². The van der Waals surface area contributed by atoms with Crippen molar-refractivity contribution in [3.05, 3.63) is 34.2 Å².